The molecular weight excluding hydrogens is 368 g/mol. The Labute approximate surface area is 168 Å². The molecule has 0 amide bonds. The molecule has 29 heavy (non-hydrogen) atoms. The number of carbonyl (C=O) groups excluding carboxylic acids is 2. The molecule has 1 aromatic heterocycles. The first kappa shape index (κ1) is 18.7. The zero-order valence-electron chi connectivity index (χ0n) is 16.4. The maximum atomic E-state index is 12.5. The molecular formula is C24H20O5. The van der Waals surface area contributed by atoms with E-state index < -0.39 is 5.97 Å². The van der Waals surface area contributed by atoms with Gasteiger partial charge in [-0.1, -0.05) is 32.9 Å². The summed E-state index contributed by atoms with van der Waals surface area (Å²) in [4.78, 5) is 24.9. The van der Waals surface area contributed by atoms with Gasteiger partial charge in [-0.15, -0.1) is 0 Å². The summed E-state index contributed by atoms with van der Waals surface area (Å²) in [5, 5.41) is 0. The topological polar surface area (TPSA) is 65.7 Å². The molecule has 2 aromatic carbocycles. The number of carbonyl (C=O) groups is 2. The predicted octanol–water partition coefficient (Wildman–Crippen LogP) is 5.41. The molecule has 4 rings (SSSR count). The Morgan fingerprint density at radius 2 is 1.79 bits per heavy atom. The highest BCUT2D eigenvalue weighted by Gasteiger charge is 2.28. The van der Waals surface area contributed by atoms with Crippen molar-refractivity contribution >= 4 is 17.8 Å². The number of furan rings is 1. The van der Waals surface area contributed by atoms with Crippen LogP contribution in [0.1, 0.15) is 52.8 Å². The van der Waals surface area contributed by atoms with Crippen LogP contribution in [0.25, 0.3) is 6.08 Å². The molecule has 0 aliphatic carbocycles. The Morgan fingerprint density at radius 3 is 2.45 bits per heavy atom. The first-order chi connectivity index (χ1) is 13.8. The summed E-state index contributed by atoms with van der Waals surface area (Å²) >= 11 is 0. The SMILES string of the molecule is CC(C)(C)c1ccc(C(=O)Oc2ccc3c(c2)O/C(=C/c2ccco2)C3=O)cc1. The van der Waals surface area contributed by atoms with Crippen LogP contribution in [0.2, 0.25) is 0 Å². The third-order valence-electron chi connectivity index (χ3n) is 4.66. The molecule has 5 heteroatoms. The van der Waals surface area contributed by atoms with Crippen LogP contribution >= 0.6 is 0 Å². The van der Waals surface area contributed by atoms with Crippen LogP contribution in [-0.2, 0) is 5.41 Å². The molecule has 0 unspecified atom stereocenters. The van der Waals surface area contributed by atoms with Crippen molar-refractivity contribution in [2.24, 2.45) is 0 Å². The van der Waals surface area contributed by atoms with Gasteiger partial charge in [-0.25, -0.2) is 4.79 Å². The molecule has 0 radical (unpaired) electrons. The monoisotopic (exact) mass is 388 g/mol. The van der Waals surface area contributed by atoms with E-state index in [1.54, 1.807) is 36.4 Å². The molecule has 3 aromatic rings. The summed E-state index contributed by atoms with van der Waals surface area (Å²) in [6.45, 7) is 6.34. The first-order valence-corrected chi connectivity index (χ1v) is 9.26. The van der Waals surface area contributed by atoms with E-state index in [9.17, 15) is 9.59 Å². The van der Waals surface area contributed by atoms with Crippen LogP contribution in [0.4, 0.5) is 0 Å². The van der Waals surface area contributed by atoms with Gasteiger partial charge in [0.15, 0.2) is 5.76 Å². The van der Waals surface area contributed by atoms with Crippen molar-refractivity contribution in [1.29, 1.82) is 0 Å². The lowest BCUT2D eigenvalue weighted by Gasteiger charge is -2.18. The van der Waals surface area contributed by atoms with Crippen LogP contribution in [0.5, 0.6) is 11.5 Å². The van der Waals surface area contributed by atoms with Gasteiger partial charge in [-0.2, -0.15) is 0 Å². The van der Waals surface area contributed by atoms with Crippen molar-refractivity contribution in [3.63, 3.8) is 0 Å². The van der Waals surface area contributed by atoms with Crippen molar-refractivity contribution in [3.05, 3.63) is 89.1 Å². The number of hydrogen-bond acceptors (Lipinski definition) is 5. The van der Waals surface area contributed by atoms with Crippen LogP contribution in [-0.4, -0.2) is 11.8 Å². The van der Waals surface area contributed by atoms with E-state index in [-0.39, 0.29) is 17.0 Å². The minimum absolute atomic E-state index is 0.00711. The van der Waals surface area contributed by atoms with Gasteiger partial charge < -0.3 is 13.9 Å². The summed E-state index contributed by atoms with van der Waals surface area (Å²) < 4.78 is 16.3. The second-order valence-corrected chi connectivity index (χ2v) is 7.83. The highest BCUT2D eigenvalue weighted by Crippen LogP contribution is 2.35. The molecule has 2 heterocycles. The highest BCUT2D eigenvalue weighted by atomic mass is 16.5. The van der Waals surface area contributed by atoms with E-state index >= 15 is 0 Å². The maximum absolute atomic E-state index is 12.5. The van der Waals surface area contributed by atoms with Crippen molar-refractivity contribution in [1.82, 2.24) is 0 Å². The molecule has 0 saturated carbocycles. The van der Waals surface area contributed by atoms with Gasteiger partial charge in [0.2, 0.25) is 5.78 Å². The largest absolute Gasteiger partial charge is 0.465 e. The fourth-order valence-corrected chi connectivity index (χ4v) is 3.01. The lowest BCUT2D eigenvalue weighted by atomic mass is 9.87. The van der Waals surface area contributed by atoms with Gasteiger partial charge in [-0.05, 0) is 47.4 Å². The first-order valence-electron chi connectivity index (χ1n) is 9.26. The number of fused-ring (bicyclic) bond motifs is 1. The van der Waals surface area contributed by atoms with E-state index in [0.717, 1.165) is 5.56 Å². The Balaban J connectivity index is 1.51. The average molecular weight is 388 g/mol. The molecule has 1 aliphatic heterocycles. The molecule has 0 saturated heterocycles. The number of esters is 1. The van der Waals surface area contributed by atoms with E-state index in [2.05, 4.69) is 20.8 Å². The smallest absolute Gasteiger partial charge is 0.343 e. The summed E-state index contributed by atoms with van der Waals surface area (Å²) in [5.41, 5.74) is 2.01. The van der Waals surface area contributed by atoms with Crippen LogP contribution in [0, 0.1) is 0 Å². The zero-order chi connectivity index (χ0) is 20.6. The number of benzene rings is 2. The van der Waals surface area contributed by atoms with Crippen LogP contribution in [0.15, 0.2) is 71.0 Å². The van der Waals surface area contributed by atoms with Crippen LogP contribution in [0.3, 0.4) is 0 Å². The second kappa shape index (κ2) is 7.09. The Kier molecular flexibility index (Phi) is 4.59. The fourth-order valence-electron chi connectivity index (χ4n) is 3.01. The number of ketones is 1. The third kappa shape index (κ3) is 3.85. The molecule has 1 aliphatic rings. The van der Waals surface area contributed by atoms with Gasteiger partial charge in [-0.3, -0.25) is 4.79 Å². The van der Waals surface area contributed by atoms with Crippen molar-refractivity contribution in [2.45, 2.75) is 26.2 Å². The molecule has 5 nitrogen and oxygen atoms in total. The second-order valence-electron chi connectivity index (χ2n) is 7.83. The van der Waals surface area contributed by atoms with Crippen molar-refractivity contribution in [2.75, 3.05) is 0 Å². The van der Waals surface area contributed by atoms with Gasteiger partial charge >= 0.3 is 5.97 Å². The number of allylic oxidation sites excluding steroid dienone is 1. The standard InChI is InChI=1S/C24H20O5/c1-24(2,3)16-8-6-15(7-9-16)23(26)28-18-10-11-19-20(14-18)29-21(22(19)25)13-17-5-4-12-27-17/h4-14H,1-3H3/b21-13+. The molecule has 146 valence electrons. The Hall–Kier alpha value is -3.60. The summed E-state index contributed by atoms with van der Waals surface area (Å²) in [6.07, 6.45) is 3.05. The summed E-state index contributed by atoms with van der Waals surface area (Å²) in [5.74, 6) is 0.623. The van der Waals surface area contributed by atoms with Crippen LogP contribution < -0.4 is 9.47 Å². The molecule has 0 N–H and O–H groups in total. The minimum Gasteiger partial charge on any atom is -0.465 e. The quantitative estimate of drug-likeness (QED) is 0.341. The van der Waals surface area contributed by atoms with Gasteiger partial charge in [0.05, 0.1) is 17.4 Å². The highest BCUT2D eigenvalue weighted by molar-refractivity contribution is 6.14. The van der Waals surface area contributed by atoms with E-state index in [0.29, 0.717) is 28.4 Å². The minimum atomic E-state index is -0.471. The fraction of sp³-hybridized carbons (Fsp3) is 0.167. The van der Waals surface area contributed by atoms with E-state index in [4.69, 9.17) is 13.9 Å². The van der Waals surface area contributed by atoms with Gasteiger partial charge in [0, 0.05) is 12.1 Å². The Bertz CT molecular complexity index is 1100. The number of Topliss-reactive ketones (excluding diaryl/α,β-unsaturated/α-hetero) is 1. The lowest BCUT2D eigenvalue weighted by molar-refractivity contribution is 0.0734. The van der Waals surface area contributed by atoms with Gasteiger partial charge in [0.25, 0.3) is 0 Å². The van der Waals surface area contributed by atoms with Gasteiger partial charge in [0.1, 0.15) is 17.3 Å². The normalized spacial score (nSPS) is 14.6. The van der Waals surface area contributed by atoms with E-state index in [1.807, 2.05) is 12.1 Å². The molecule has 0 atom stereocenters. The van der Waals surface area contributed by atoms with Crippen molar-refractivity contribution < 1.29 is 23.5 Å². The Morgan fingerprint density at radius 1 is 1.03 bits per heavy atom. The van der Waals surface area contributed by atoms with E-state index in [1.165, 1.54) is 18.4 Å². The maximum Gasteiger partial charge on any atom is 0.343 e. The average Bonchev–Trinajstić information content (AvgIpc) is 3.30. The molecule has 0 spiro atoms. The zero-order valence-corrected chi connectivity index (χ0v) is 16.4. The third-order valence-corrected chi connectivity index (χ3v) is 4.66. The molecule has 0 bridgehead atoms. The summed E-state index contributed by atoms with van der Waals surface area (Å²) in [7, 11) is 0. The predicted molar refractivity (Wildman–Crippen MR) is 108 cm³/mol. The molecule has 0 fully saturated rings. The van der Waals surface area contributed by atoms with Crippen molar-refractivity contribution in [3.8, 4) is 11.5 Å². The summed E-state index contributed by atoms with van der Waals surface area (Å²) in [6, 6.07) is 15.5. The number of rotatable bonds is 3. The number of hydrogen-bond donors (Lipinski definition) is 0. The number of ether oxygens (including phenoxy) is 2. The lowest BCUT2D eigenvalue weighted by Crippen LogP contribution is -2.12.